The zero-order valence-electron chi connectivity index (χ0n) is 10.7. The first-order valence-corrected chi connectivity index (χ1v) is 7.76. The molecule has 16 heavy (non-hydrogen) atoms. The highest BCUT2D eigenvalue weighted by atomic mass is 32.2. The largest absolute Gasteiger partial charge is 0.385 e. The monoisotopic (exact) mass is 251 g/mol. The molecule has 1 N–H and O–H groups in total. The lowest BCUT2D eigenvalue weighted by Gasteiger charge is -2.13. The van der Waals surface area contributed by atoms with E-state index in [-0.39, 0.29) is 17.5 Å². The van der Waals surface area contributed by atoms with Gasteiger partial charge in [-0.2, -0.15) is 0 Å². The lowest BCUT2D eigenvalue weighted by molar-refractivity contribution is 0.192. The van der Waals surface area contributed by atoms with E-state index >= 15 is 0 Å². The number of ether oxygens (including phenoxy) is 1. The first-order valence-electron chi connectivity index (χ1n) is 5.94. The molecule has 0 spiro atoms. The van der Waals surface area contributed by atoms with Gasteiger partial charge in [-0.1, -0.05) is 6.92 Å². The summed E-state index contributed by atoms with van der Waals surface area (Å²) in [6, 6.07) is 0.0485. The minimum Gasteiger partial charge on any atom is -0.385 e. The van der Waals surface area contributed by atoms with Crippen LogP contribution in [0.3, 0.4) is 0 Å². The van der Waals surface area contributed by atoms with Crippen LogP contribution in [-0.2, 0) is 14.6 Å². The van der Waals surface area contributed by atoms with Crippen LogP contribution in [0.5, 0.6) is 0 Å². The molecule has 0 aromatic carbocycles. The van der Waals surface area contributed by atoms with Crippen molar-refractivity contribution in [1.29, 1.82) is 0 Å². The molecule has 0 heterocycles. The van der Waals surface area contributed by atoms with Crippen molar-refractivity contribution in [2.24, 2.45) is 0 Å². The van der Waals surface area contributed by atoms with Crippen molar-refractivity contribution in [3.8, 4) is 0 Å². The van der Waals surface area contributed by atoms with Crippen LogP contribution in [0.25, 0.3) is 0 Å². The average molecular weight is 251 g/mol. The third-order valence-electron chi connectivity index (χ3n) is 2.46. The average Bonchev–Trinajstić information content (AvgIpc) is 2.22. The van der Waals surface area contributed by atoms with Gasteiger partial charge in [0, 0.05) is 25.5 Å². The summed E-state index contributed by atoms with van der Waals surface area (Å²) in [6.45, 7) is 5.29. The third-order valence-corrected chi connectivity index (χ3v) is 4.35. The molecule has 0 aliphatic rings. The van der Waals surface area contributed by atoms with Crippen molar-refractivity contribution in [2.45, 2.75) is 39.2 Å². The Kier molecular flexibility index (Phi) is 8.89. The second-order valence-electron chi connectivity index (χ2n) is 4.11. The molecule has 0 radical (unpaired) electrons. The van der Waals surface area contributed by atoms with E-state index in [1.165, 1.54) is 0 Å². The summed E-state index contributed by atoms with van der Waals surface area (Å²) in [4.78, 5) is 0. The Morgan fingerprint density at radius 2 is 1.94 bits per heavy atom. The van der Waals surface area contributed by atoms with E-state index < -0.39 is 9.84 Å². The molecule has 0 saturated heterocycles. The quantitative estimate of drug-likeness (QED) is 0.593. The van der Waals surface area contributed by atoms with Gasteiger partial charge in [0.05, 0.1) is 5.75 Å². The van der Waals surface area contributed by atoms with Crippen LogP contribution in [0.15, 0.2) is 0 Å². The van der Waals surface area contributed by atoms with E-state index in [1.807, 2.05) is 6.92 Å². The summed E-state index contributed by atoms with van der Waals surface area (Å²) in [7, 11) is -1.15. The van der Waals surface area contributed by atoms with E-state index in [1.54, 1.807) is 14.0 Å². The number of methoxy groups -OCH3 is 1. The van der Waals surface area contributed by atoms with Crippen LogP contribution in [0.1, 0.15) is 33.1 Å². The van der Waals surface area contributed by atoms with Crippen LogP contribution >= 0.6 is 0 Å². The van der Waals surface area contributed by atoms with E-state index in [9.17, 15) is 8.42 Å². The van der Waals surface area contributed by atoms with Crippen molar-refractivity contribution in [3.05, 3.63) is 0 Å². The van der Waals surface area contributed by atoms with Gasteiger partial charge in [0.1, 0.15) is 0 Å². The molecule has 98 valence electrons. The van der Waals surface area contributed by atoms with Gasteiger partial charge < -0.3 is 10.1 Å². The highest BCUT2D eigenvalue weighted by Crippen LogP contribution is 1.97. The topological polar surface area (TPSA) is 55.4 Å². The summed E-state index contributed by atoms with van der Waals surface area (Å²) in [5.41, 5.74) is 0. The Bertz CT molecular complexity index is 252. The first kappa shape index (κ1) is 15.9. The molecule has 0 aromatic heterocycles. The minimum absolute atomic E-state index is 0.0485. The van der Waals surface area contributed by atoms with Crippen LogP contribution in [0, 0.1) is 0 Å². The van der Waals surface area contributed by atoms with Crippen LogP contribution in [0.2, 0.25) is 0 Å². The van der Waals surface area contributed by atoms with Crippen LogP contribution in [-0.4, -0.2) is 46.2 Å². The molecule has 4 nitrogen and oxygen atoms in total. The predicted octanol–water partition coefficient (Wildman–Crippen LogP) is 1.22. The van der Waals surface area contributed by atoms with E-state index in [0.717, 1.165) is 32.4 Å². The summed E-state index contributed by atoms with van der Waals surface area (Å²) < 4.78 is 27.6. The molecule has 0 rings (SSSR count). The standard InChI is InChI=1S/C11H25NO3S/c1-4-16(13,14)10-11(2)12-8-6-5-7-9-15-3/h11-12H,4-10H2,1-3H3. The second-order valence-corrected chi connectivity index (χ2v) is 6.51. The molecule has 0 amide bonds. The van der Waals surface area contributed by atoms with E-state index in [2.05, 4.69) is 5.32 Å². The number of rotatable bonds is 10. The zero-order chi connectivity index (χ0) is 12.4. The van der Waals surface area contributed by atoms with Crippen molar-refractivity contribution in [2.75, 3.05) is 31.8 Å². The number of hydrogen-bond acceptors (Lipinski definition) is 4. The fourth-order valence-electron chi connectivity index (χ4n) is 1.45. The lowest BCUT2D eigenvalue weighted by atomic mass is 10.2. The molecule has 0 bridgehead atoms. The predicted molar refractivity (Wildman–Crippen MR) is 67.5 cm³/mol. The van der Waals surface area contributed by atoms with Gasteiger partial charge in [0.15, 0.2) is 9.84 Å². The van der Waals surface area contributed by atoms with E-state index in [4.69, 9.17) is 4.74 Å². The van der Waals surface area contributed by atoms with Crippen molar-refractivity contribution in [3.63, 3.8) is 0 Å². The maximum atomic E-state index is 11.3. The molecular formula is C11H25NO3S. The number of hydrogen-bond donors (Lipinski definition) is 1. The van der Waals surface area contributed by atoms with Crippen LogP contribution in [0.4, 0.5) is 0 Å². The van der Waals surface area contributed by atoms with Gasteiger partial charge in [-0.25, -0.2) is 8.42 Å². The van der Waals surface area contributed by atoms with Gasteiger partial charge in [0.2, 0.25) is 0 Å². The Morgan fingerprint density at radius 3 is 2.50 bits per heavy atom. The minimum atomic E-state index is -2.85. The Morgan fingerprint density at radius 1 is 1.25 bits per heavy atom. The summed E-state index contributed by atoms with van der Waals surface area (Å²) in [5.74, 6) is 0.467. The molecular weight excluding hydrogens is 226 g/mol. The normalized spacial score (nSPS) is 13.9. The van der Waals surface area contributed by atoms with Gasteiger partial charge in [-0.3, -0.25) is 0 Å². The highest BCUT2D eigenvalue weighted by Gasteiger charge is 2.12. The van der Waals surface area contributed by atoms with Crippen LogP contribution < -0.4 is 5.32 Å². The molecule has 1 atom stereocenters. The van der Waals surface area contributed by atoms with Crippen molar-refractivity contribution >= 4 is 9.84 Å². The number of sulfone groups is 1. The maximum absolute atomic E-state index is 11.3. The van der Waals surface area contributed by atoms with Crippen molar-refractivity contribution < 1.29 is 13.2 Å². The fraction of sp³-hybridized carbons (Fsp3) is 1.00. The summed E-state index contributed by atoms with van der Waals surface area (Å²) >= 11 is 0. The molecule has 0 fully saturated rings. The Balaban J connectivity index is 3.48. The van der Waals surface area contributed by atoms with Gasteiger partial charge in [0.25, 0.3) is 0 Å². The van der Waals surface area contributed by atoms with Gasteiger partial charge in [-0.15, -0.1) is 0 Å². The molecule has 0 aliphatic carbocycles. The smallest absolute Gasteiger partial charge is 0.151 e. The Hall–Kier alpha value is -0.130. The molecule has 0 aromatic rings. The zero-order valence-corrected chi connectivity index (χ0v) is 11.5. The maximum Gasteiger partial charge on any atom is 0.151 e. The van der Waals surface area contributed by atoms with Gasteiger partial charge in [-0.05, 0) is 32.7 Å². The summed E-state index contributed by atoms with van der Waals surface area (Å²) in [5, 5.41) is 3.23. The highest BCUT2D eigenvalue weighted by molar-refractivity contribution is 7.91. The second kappa shape index (κ2) is 8.96. The molecule has 1 unspecified atom stereocenters. The SMILES string of the molecule is CCS(=O)(=O)CC(C)NCCCCCOC. The van der Waals surface area contributed by atoms with Gasteiger partial charge >= 0.3 is 0 Å². The first-order chi connectivity index (χ1) is 7.52. The third kappa shape index (κ3) is 9.12. The molecule has 0 saturated carbocycles. The molecule has 0 aliphatic heterocycles. The van der Waals surface area contributed by atoms with E-state index in [0.29, 0.717) is 0 Å². The summed E-state index contributed by atoms with van der Waals surface area (Å²) in [6.07, 6.45) is 3.26. The lowest BCUT2D eigenvalue weighted by Crippen LogP contribution is -2.34. The molecule has 5 heteroatoms. The fourth-order valence-corrected chi connectivity index (χ4v) is 2.57. The number of unbranched alkanes of at least 4 members (excludes halogenated alkanes) is 2. The van der Waals surface area contributed by atoms with Crippen molar-refractivity contribution in [1.82, 2.24) is 5.32 Å². The number of nitrogens with one attached hydrogen (secondary N) is 1. The Labute approximate surface area is 99.7 Å².